The minimum absolute atomic E-state index is 0.133. The molecule has 2 heterocycles. The Balaban J connectivity index is 1.62. The normalized spacial score (nSPS) is 16.8. The molecule has 2 N–H and O–H groups in total. The predicted molar refractivity (Wildman–Crippen MR) is 96.1 cm³/mol. The monoisotopic (exact) mass is 326 g/mol. The van der Waals surface area contributed by atoms with Gasteiger partial charge < -0.3 is 15.1 Å². The zero-order chi connectivity index (χ0) is 17.0. The Morgan fingerprint density at radius 2 is 1.88 bits per heavy atom. The Hall–Kier alpha value is -2.07. The third kappa shape index (κ3) is 3.88. The van der Waals surface area contributed by atoms with Crippen molar-refractivity contribution in [1.82, 2.24) is 10.6 Å². The van der Waals surface area contributed by atoms with Crippen molar-refractivity contribution in [2.24, 2.45) is 5.41 Å². The zero-order valence-electron chi connectivity index (χ0n) is 14.5. The maximum Gasteiger partial charge on any atom is 0.287 e. The third-order valence-corrected chi connectivity index (χ3v) is 4.96. The van der Waals surface area contributed by atoms with E-state index in [0.29, 0.717) is 12.3 Å². The van der Waals surface area contributed by atoms with Crippen LogP contribution < -0.4 is 10.6 Å². The molecule has 1 saturated heterocycles. The first-order valence-corrected chi connectivity index (χ1v) is 8.78. The van der Waals surface area contributed by atoms with Gasteiger partial charge in [-0.25, -0.2) is 0 Å². The SMILES string of the molecule is CCc1ccc(-c2ccc(C(=O)NCC3(C)CCNCC3)o2)cc1. The predicted octanol–water partition coefficient (Wildman–Crippen LogP) is 3.63. The minimum Gasteiger partial charge on any atom is -0.451 e. The molecule has 1 aromatic carbocycles. The number of carbonyl (C=O) groups is 1. The highest BCUT2D eigenvalue weighted by Crippen LogP contribution is 2.27. The van der Waals surface area contributed by atoms with Crippen LogP contribution in [0.5, 0.6) is 0 Å². The molecule has 1 amide bonds. The molecule has 0 radical (unpaired) electrons. The lowest BCUT2D eigenvalue weighted by Gasteiger charge is -2.33. The molecular formula is C20H26N2O2. The van der Waals surface area contributed by atoms with Crippen molar-refractivity contribution >= 4 is 5.91 Å². The Morgan fingerprint density at radius 1 is 1.17 bits per heavy atom. The largest absolute Gasteiger partial charge is 0.451 e. The Kier molecular flexibility index (Phi) is 5.05. The summed E-state index contributed by atoms with van der Waals surface area (Å²) in [4.78, 5) is 12.4. The molecule has 4 heteroatoms. The molecule has 24 heavy (non-hydrogen) atoms. The van der Waals surface area contributed by atoms with Gasteiger partial charge in [-0.1, -0.05) is 38.1 Å². The van der Waals surface area contributed by atoms with Gasteiger partial charge in [-0.2, -0.15) is 0 Å². The quantitative estimate of drug-likeness (QED) is 0.882. The van der Waals surface area contributed by atoms with Crippen LogP contribution in [-0.2, 0) is 6.42 Å². The molecule has 1 aliphatic heterocycles. The van der Waals surface area contributed by atoms with Gasteiger partial charge in [0.2, 0.25) is 0 Å². The molecule has 4 nitrogen and oxygen atoms in total. The highest BCUT2D eigenvalue weighted by Gasteiger charge is 2.27. The van der Waals surface area contributed by atoms with E-state index in [2.05, 4.69) is 36.6 Å². The van der Waals surface area contributed by atoms with Gasteiger partial charge >= 0.3 is 0 Å². The summed E-state index contributed by atoms with van der Waals surface area (Å²) in [7, 11) is 0. The second kappa shape index (κ2) is 7.22. The van der Waals surface area contributed by atoms with E-state index in [9.17, 15) is 4.79 Å². The number of furan rings is 1. The van der Waals surface area contributed by atoms with Crippen LogP contribution >= 0.6 is 0 Å². The van der Waals surface area contributed by atoms with Gasteiger partial charge in [0.25, 0.3) is 5.91 Å². The summed E-state index contributed by atoms with van der Waals surface area (Å²) >= 11 is 0. The lowest BCUT2D eigenvalue weighted by molar-refractivity contribution is 0.0895. The number of aryl methyl sites for hydroxylation is 1. The van der Waals surface area contributed by atoms with Gasteiger partial charge in [-0.05, 0) is 55.5 Å². The number of rotatable bonds is 5. The van der Waals surface area contributed by atoms with Crippen molar-refractivity contribution in [3.8, 4) is 11.3 Å². The molecule has 0 aliphatic carbocycles. The van der Waals surface area contributed by atoms with Crippen LogP contribution in [0.4, 0.5) is 0 Å². The van der Waals surface area contributed by atoms with Crippen LogP contribution in [0, 0.1) is 5.41 Å². The van der Waals surface area contributed by atoms with E-state index in [1.54, 1.807) is 6.07 Å². The third-order valence-electron chi connectivity index (χ3n) is 4.96. The summed E-state index contributed by atoms with van der Waals surface area (Å²) in [5.74, 6) is 0.976. The van der Waals surface area contributed by atoms with Gasteiger partial charge in [0.05, 0.1) is 0 Å². The topological polar surface area (TPSA) is 54.3 Å². The molecule has 128 valence electrons. The molecule has 0 atom stereocenters. The molecule has 0 spiro atoms. The van der Waals surface area contributed by atoms with Gasteiger partial charge in [0.15, 0.2) is 5.76 Å². The van der Waals surface area contributed by atoms with Crippen molar-refractivity contribution in [2.75, 3.05) is 19.6 Å². The van der Waals surface area contributed by atoms with Gasteiger partial charge in [-0.3, -0.25) is 4.79 Å². The fourth-order valence-electron chi connectivity index (χ4n) is 3.11. The highest BCUT2D eigenvalue weighted by atomic mass is 16.3. The van der Waals surface area contributed by atoms with Gasteiger partial charge in [0, 0.05) is 12.1 Å². The lowest BCUT2D eigenvalue weighted by Crippen LogP contribution is -2.42. The molecular weight excluding hydrogens is 300 g/mol. The van der Waals surface area contributed by atoms with Crippen LogP contribution in [0.3, 0.4) is 0 Å². The molecule has 0 saturated carbocycles. The van der Waals surface area contributed by atoms with Crippen LogP contribution in [0.2, 0.25) is 0 Å². The van der Waals surface area contributed by atoms with Crippen molar-refractivity contribution in [3.05, 3.63) is 47.7 Å². The number of carbonyl (C=O) groups excluding carboxylic acids is 1. The lowest BCUT2D eigenvalue weighted by atomic mass is 9.81. The van der Waals surface area contributed by atoms with Crippen molar-refractivity contribution in [2.45, 2.75) is 33.1 Å². The van der Waals surface area contributed by atoms with Crippen molar-refractivity contribution in [1.29, 1.82) is 0 Å². The molecule has 2 aromatic rings. The number of nitrogens with one attached hydrogen (secondary N) is 2. The van der Waals surface area contributed by atoms with Crippen LogP contribution in [0.25, 0.3) is 11.3 Å². The fourth-order valence-corrected chi connectivity index (χ4v) is 3.11. The highest BCUT2D eigenvalue weighted by molar-refractivity contribution is 5.92. The summed E-state index contributed by atoms with van der Waals surface area (Å²) in [5, 5.41) is 6.39. The second-order valence-electron chi connectivity index (χ2n) is 6.96. The van der Waals surface area contributed by atoms with E-state index in [1.807, 2.05) is 18.2 Å². The van der Waals surface area contributed by atoms with E-state index in [-0.39, 0.29) is 11.3 Å². The Bertz CT molecular complexity index is 682. The zero-order valence-corrected chi connectivity index (χ0v) is 14.5. The first kappa shape index (κ1) is 16.8. The summed E-state index contributed by atoms with van der Waals surface area (Å²) < 4.78 is 5.75. The van der Waals surface area contributed by atoms with Crippen molar-refractivity contribution in [3.63, 3.8) is 0 Å². The Morgan fingerprint density at radius 3 is 2.54 bits per heavy atom. The van der Waals surface area contributed by atoms with Crippen LogP contribution in [-0.4, -0.2) is 25.5 Å². The molecule has 1 fully saturated rings. The summed E-state index contributed by atoms with van der Waals surface area (Å²) in [6.07, 6.45) is 3.18. The summed E-state index contributed by atoms with van der Waals surface area (Å²) in [6, 6.07) is 11.9. The molecule has 1 aromatic heterocycles. The fraction of sp³-hybridized carbons (Fsp3) is 0.450. The molecule has 0 bridgehead atoms. The number of piperidine rings is 1. The first-order valence-electron chi connectivity index (χ1n) is 8.78. The van der Waals surface area contributed by atoms with Gasteiger partial charge in [0.1, 0.15) is 5.76 Å². The Labute approximate surface area is 143 Å². The number of hydrogen-bond donors (Lipinski definition) is 2. The molecule has 3 rings (SSSR count). The molecule has 1 aliphatic rings. The average Bonchev–Trinajstić information content (AvgIpc) is 3.11. The smallest absolute Gasteiger partial charge is 0.287 e. The summed E-state index contributed by atoms with van der Waals surface area (Å²) in [6.45, 7) is 7.09. The van der Waals surface area contributed by atoms with E-state index in [0.717, 1.165) is 43.7 Å². The standard InChI is InChI=1S/C20H26N2O2/c1-3-15-4-6-16(7-5-15)17-8-9-18(24-17)19(23)22-14-20(2)10-12-21-13-11-20/h4-9,21H,3,10-14H2,1-2H3,(H,22,23). The van der Waals surface area contributed by atoms with Crippen molar-refractivity contribution < 1.29 is 9.21 Å². The van der Waals surface area contributed by atoms with Crippen LogP contribution in [0.1, 0.15) is 42.8 Å². The first-order chi connectivity index (χ1) is 11.6. The maximum atomic E-state index is 12.4. The number of amides is 1. The average molecular weight is 326 g/mol. The summed E-state index contributed by atoms with van der Waals surface area (Å²) in [5.41, 5.74) is 2.46. The van der Waals surface area contributed by atoms with E-state index < -0.39 is 0 Å². The minimum atomic E-state index is -0.133. The molecule has 0 unspecified atom stereocenters. The van der Waals surface area contributed by atoms with E-state index >= 15 is 0 Å². The number of benzene rings is 1. The van der Waals surface area contributed by atoms with Crippen LogP contribution in [0.15, 0.2) is 40.8 Å². The van der Waals surface area contributed by atoms with E-state index in [4.69, 9.17) is 4.42 Å². The van der Waals surface area contributed by atoms with Gasteiger partial charge in [-0.15, -0.1) is 0 Å². The maximum absolute atomic E-state index is 12.4. The van der Waals surface area contributed by atoms with E-state index in [1.165, 1.54) is 5.56 Å². The second-order valence-corrected chi connectivity index (χ2v) is 6.96. The number of hydrogen-bond acceptors (Lipinski definition) is 3.